The molecular formula is C19H27FN4O2. The van der Waals surface area contributed by atoms with E-state index in [1.54, 1.807) is 24.6 Å². The second-order valence-corrected chi connectivity index (χ2v) is 8.08. The third kappa shape index (κ3) is 4.04. The summed E-state index contributed by atoms with van der Waals surface area (Å²) in [6.45, 7) is 8.14. The van der Waals surface area contributed by atoms with Crippen LogP contribution < -0.4 is 10.6 Å². The van der Waals surface area contributed by atoms with E-state index in [0.29, 0.717) is 18.4 Å². The maximum absolute atomic E-state index is 13.7. The fraction of sp³-hybridized carbons (Fsp3) is 0.579. The molecule has 2 heterocycles. The average Bonchev–Trinajstić information content (AvgIpc) is 3.09. The fourth-order valence-corrected chi connectivity index (χ4v) is 3.62. The molecule has 1 amide bonds. The van der Waals surface area contributed by atoms with E-state index >= 15 is 0 Å². The van der Waals surface area contributed by atoms with Gasteiger partial charge in [0.1, 0.15) is 5.82 Å². The first-order valence-electron chi connectivity index (χ1n) is 9.08. The molecule has 0 unspecified atom stereocenters. The smallest absolute Gasteiger partial charge is 0.272 e. The van der Waals surface area contributed by atoms with E-state index < -0.39 is 5.60 Å². The molecule has 7 heteroatoms. The maximum Gasteiger partial charge on any atom is 0.272 e. The van der Waals surface area contributed by atoms with E-state index in [-0.39, 0.29) is 35.5 Å². The SMILES string of the molecule is CC(C)n1nc(C(=O)N[C@@H]2CN[C@H](CC(C)(C)O)C2)c2cc(F)ccc21. The minimum Gasteiger partial charge on any atom is -0.390 e. The molecule has 6 nitrogen and oxygen atoms in total. The molecule has 1 fully saturated rings. The zero-order valence-corrected chi connectivity index (χ0v) is 15.7. The van der Waals surface area contributed by atoms with Crippen molar-refractivity contribution < 1.29 is 14.3 Å². The number of carbonyl (C=O) groups is 1. The lowest BCUT2D eigenvalue weighted by molar-refractivity contribution is 0.0612. The number of aromatic nitrogens is 2. The summed E-state index contributed by atoms with van der Waals surface area (Å²) in [6, 6.07) is 4.58. The fourth-order valence-electron chi connectivity index (χ4n) is 3.62. The number of rotatable bonds is 5. The van der Waals surface area contributed by atoms with Crippen LogP contribution in [0.5, 0.6) is 0 Å². The molecule has 0 spiro atoms. The number of fused-ring (bicyclic) bond motifs is 1. The predicted octanol–water partition coefficient (Wildman–Crippen LogP) is 2.38. The number of nitrogens with zero attached hydrogens (tertiary/aromatic N) is 2. The molecule has 1 aliphatic heterocycles. The molecule has 26 heavy (non-hydrogen) atoms. The van der Waals surface area contributed by atoms with Gasteiger partial charge in [-0.2, -0.15) is 5.10 Å². The highest BCUT2D eigenvalue weighted by atomic mass is 19.1. The lowest BCUT2D eigenvalue weighted by Gasteiger charge is -2.21. The molecule has 0 aliphatic carbocycles. The van der Waals surface area contributed by atoms with E-state index in [2.05, 4.69) is 15.7 Å². The van der Waals surface area contributed by atoms with E-state index in [1.807, 2.05) is 13.8 Å². The third-order valence-electron chi connectivity index (χ3n) is 4.68. The highest BCUT2D eigenvalue weighted by molar-refractivity contribution is 6.05. The molecule has 1 aromatic carbocycles. The van der Waals surface area contributed by atoms with Crippen LogP contribution in [0.3, 0.4) is 0 Å². The van der Waals surface area contributed by atoms with E-state index in [4.69, 9.17) is 0 Å². The van der Waals surface area contributed by atoms with Crippen molar-refractivity contribution in [1.29, 1.82) is 0 Å². The largest absolute Gasteiger partial charge is 0.390 e. The Balaban J connectivity index is 1.77. The van der Waals surface area contributed by atoms with Crippen LogP contribution in [0, 0.1) is 5.82 Å². The van der Waals surface area contributed by atoms with Crippen molar-refractivity contribution in [2.75, 3.05) is 6.54 Å². The molecule has 0 saturated carbocycles. The monoisotopic (exact) mass is 362 g/mol. The van der Waals surface area contributed by atoms with Gasteiger partial charge in [0, 0.05) is 30.1 Å². The van der Waals surface area contributed by atoms with Crippen LogP contribution in [0.1, 0.15) is 57.1 Å². The number of hydrogen-bond acceptors (Lipinski definition) is 4. The normalized spacial score (nSPS) is 20.9. The summed E-state index contributed by atoms with van der Waals surface area (Å²) >= 11 is 0. The van der Waals surface area contributed by atoms with E-state index in [0.717, 1.165) is 11.9 Å². The van der Waals surface area contributed by atoms with Gasteiger partial charge in [-0.15, -0.1) is 0 Å². The molecule has 3 rings (SSSR count). The second-order valence-electron chi connectivity index (χ2n) is 8.08. The number of carbonyl (C=O) groups excluding carboxylic acids is 1. The topological polar surface area (TPSA) is 79.2 Å². The molecule has 2 atom stereocenters. The first-order valence-corrected chi connectivity index (χ1v) is 9.08. The summed E-state index contributed by atoms with van der Waals surface area (Å²) in [5.41, 5.74) is 0.246. The summed E-state index contributed by atoms with van der Waals surface area (Å²) < 4.78 is 15.4. The van der Waals surface area contributed by atoms with Crippen molar-refractivity contribution in [3.63, 3.8) is 0 Å². The summed E-state index contributed by atoms with van der Waals surface area (Å²) in [7, 11) is 0. The molecule has 3 N–H and O–H groups in total. The highest BCUT2D eigenvalue weighted by Gasteiger charge is 2.30. The number of halogens is 1. The summed E-state index contributed by atoms with van der Waals surface area (Å²) in [5, 5.41) is 21.2. The minimum absolute atomic E-state index is 0.0392. The summed E-state index contributed by atoms with van der Waals surface area (Å²) in [4.78, 5) is 12.8. The molecule has 0 radical (unpaired) electrons. The molecule has 2 aromatic rings. The lowest BCUT2D eigenvalue weighted by atomic mass is 9.97. The third-order valence-corrected chi connectivity index (χ3v) is 4.68. The Kier molecular flexibility index (Phi) is 5.03. The van der Waals surface area contributed by atoms with E-state index in [1.165, 1.54) is 12.1 Å². The van der Waals surface area contributed by atoms with Crippen molar-refractivity contribution in [1.82, 2.24) is 20.4 Å². The van der Waals surface area contributed by atoms with Gasteiger partial charge in [-0.05, 0) is 58.7 Å². The number of amides is 1. The first-order chi connectivity index (χ1) is 12.1. The van der Waals surface area contributed by atoms with Crippen LogP contribution in [0.4, 0.5) is 4.39 Å². The average molecular weight is 362 g/mol. The van der Waals surface area contributed by atoms with E-state index in [9.17, 15) is 14.3 Å². The van der Waals surface area contributed by atoms with Gasteiger partial charge >= 0.3 is 0 Å². The van der Waals surface area contributed by atoms with Crippen LogP contribution in [-0.4, -0.2) is 45.0 Å². The number of benzene rings is 1. The van der Waals surface area contributed by atoms with Crippen LogP contribution in [0.2, 0.25) is 0 Å². The van der Waals surface area contributed by atoms with Crippen molar-refractivity contribution in [3.8, 4) is 0 Å². The quantitative estimate of drug-likeness (QED) is 0.763. The van der Waals surface area contributed by atoms with Gasteiger partial charge in [-0.1, -0.05) is 0 Å². The van der Waals surface area contributed by atoms with Crippen LogP contribution >= 0.6 is 0 Å². The Bertz CT molecular complexity index is 810. The zero-order valence-electron chi connectivity index (χ0n) is 15.7. The number of nitrogens with one attached hydrogen (secondary N) is 2. The molecule has 1 aliphatic rings. The molecular weight excluding hydrogens is 335 g/mol. The van der Waals surface area contributed by atoms with Gasteiger partial charge in [0.2, 0.25) is 0 Å². The van der Waals surface area contributed by atoms with Crippen molar-refractivity contribution >= 4 is 16.8 Å². The van der Waals surface area contributed by atoms with Gasteiger partial charge in [-0.25, -0.2) is 4.39 Å². The summed E-state index contributed by atoms with van der Waals surface area (Å²) in [6.07, 6.45) is 1.36. The van der Waals surface area contributed by atoms with Crippen molar-refractivity contribution in [2.45, 2.75) is 64.3 Å². The van der Waals surface area contributed by atoms with Gasteiger partial charge in [0.05, 0.1) is 11.1 Å². The summed E-state index contributed by atoms with van der Waals surface area (Å²) in [5.74, 6) is -0.682. The maximum atomic E-state index is 13.7. The standard InChI is InChI=1S/C19H27FN4O2/c1-11(2)24-16-6-5-12(20)7-15(16)17(23-24)18(25)22-14-8-13(21-10-14)9-19(3,4)26/h5-7,11,13-14,21,26H,8-10H2,1-4H3,(H,22,25)/t13-,14-/m0/s1. The van der Waals surface area contributed by atoms with Crippen molar-refractivity contribution in [3.05, 3.63) is 29.7 Å². The Morgan fingerprint density at radius 2 is 2.23 bits per heavy atom. The van der Waals surface area contributed by atoms with Gasteiger partial charge in [0.25, 0.3) is 5.91 Å². The Morgan fingerprint density at radius 1 is 1.50 bits per heavy atom. The Labute approximate surface area is 152 Å². The predicted molar refractivity (Wildman–Crippen MR) is 98.7 cm³/mol. The van der Waals surface area contributed by atoms with Crippen LogP contribution in [0.15, 0.2) is 18.2 Å². The second kappa shape index (κ2) is 6.96. The van der Waals surface area contributed by atoms with Gasteiger partial charge < -0.3 is 15.7 Å². The molecule has 1 saturated heterocycles. The lowest BCUT2D eigenvalue weighted by Crippen LogP contribution is -2.36. The molecule has 1 aromatic heterocycles. The minimum atomic E-state index is -0.750. The van der Waals surface area contributed by atoms with Crippen LogP contribution in [-0.2, 0) is 0 Å². The zero-order chi connectivity index (χ0) is 19.1. The molecule has 0 bridgehead atoms. The molecule has 142 valence electrons. The Morgan fingerprint density at radius 3 is 2.88 bits per heavy atom. The van der Waals surface area contributed by atoms with Gasteiger partial charge in [-0.3, -0.25) is 9.48 Å². The Hall–Kier alpha value is -1.99. The van der Waals surface area contributed by atoms with Crippen molar-refractivity contribution in [2.24, 2.45) is 0 Å². The number of aliphatic hydroxyl groups is 1. The van der Waals surface area contributed by atoms with Crippen LogP contribution in [0.25, 0.3) is 10.9 Å². The number of hydrogen-bond donors (Lipinski definition) is 3. The highest BCUT2D eigenvalue weighted by Crippen LogP contribution is 2.24. The van der Waals surface area contributed by atoms with Gasteiger partial charge in [0.15, 0.2) is 5.69 Å². The first kappa shape index (κ1) is 18.8.